The highest BCUT2D eigenvalue weighted by Crippen LogP contribution is 2.37. The molecule has 1 saturated heterocycles. The lowest BCUT2D eigenvalue weighted by atomic mass is 9.97. The van der Waals surface area contributed by atoms with Crippen molar-refractivity contribution in [2.24, 2.45) is 0 Å². The summed E-state index contributed by atoms with van der Waals surface area (Å²) in [5.41, 5.74) is 8.30. The minimum atomic E-state index is -0.406. The number of benzene rings is 2. The van der Waals surface area contributed by atoms with Gasteiger partial charge < -0.3 is 0 Å². The van der Waals surface area contributed by atoms with E-state index in [2.05, 4.69) is 10.9 Å². The predicted molar refractivity (Wildman–Crippen MR) is 85.9 cm³/mol. The molecule has 2 aromatic carbocycles. The fraction of sp³-hybridized carbons (Fsp3) is 0.200. The molecule has 0 bridgehead atoms. The van der Waals surface area contributed by atoms with Crippen LogP contribution in [0.2, 0.25) is 10.0 Å². The van der Waals surface area contributed by atoms with E-state index < -0.39 is 4.92 Å². The molecule has 2 unspecified atom stereocenters. The first-order valence-corrected chi connectivity index (χ1v) is 7.51. The molecule has 7 heteroatoms. The van der Waals surface area contributed by atoms with E-state index in [1.165, 1.54) is 12.1 Å². The lowest BCUT2D eigenvalue weighted by Gasteiger charge is -2.13. The molecule has 1 aliphatic rings. The fourth-order valence-electron chi connectivity index (χ4n) is 2.64. The normalized spacial score (nSPS) is 21.0. The van der Waals surface area contributed by atoms with E-state index in [1.54, 1.807) is 12.1 Å². The van der Waals surface area contributed by atoms with Crippen LogP contribution >= 0.6 is 23.2 Å². The Morgan fingerprint density at radius 2 is 1.59 bits per heavy atom. The van der Waals surface area contributed by atoms with E-state index in [-0.39, 0.29) is 17.8 Å². The number of nitrogens with zero attached hydrogens (tertiary/aromatic N) is 1. The van der Waals surface area contributed by atoms with Gasteiger partial charge in [-0.3, -0.25) is 10.1 Å². The molecule has 0 aliphatic carbocycles. The third kappa shape index (κ3) is 2.94. The number of hydrogen-bond donors (Lipinski definition) is 2. The van der Waals surface area contributed by atoms with Gasteiger partial charge in [0.15, 0.2) is 0 Å². The molecule has 0 amide bonds. The average Bonchev–Trinajstić information content (AvgIpc) is 2.97. The van der Waals surface area contributed by atoms with Gasteiger partial charge in [0, 0.05) is 33.8 Å². The number of non-ortho nitro benzene ring substituents is 1. The molecule has 0 spiro atoms. The zero-order valence-corrected chi connectivity index (χ0v) is 12.9. The maximum absolute atomic E-state index is 10.7. The number of hydrogen-bond acceptors (Lipinski definition) is 4. The highest BCUT2D eigenvalue weighted by molar-refractivity contribution is 6.36. The minimum absolute atomic E-state index is 0.0126. The molecule has 1 aliphatic heterocycles. The second-order valence-electron chi connectivity index (χ2n) is 5.11. The molecule has 114 valence electrons. The summed E-state index contributed by atoms with van der Waals surface area (Å²) >= 11 is 12.5. The van der Waals surface area contributed by atoms with Gasteiger partial charge in [0.05, 0.1) is 11.0 Å². The third-order valence-corrected chi connectivity index (χ3v) is 4.42. The highest BCUT2D eigenvalue weighted by atomic mass is 35.5. The molecule has 1 fully saturated rings. The summed E-state index contributed by atoms with van der Waals surface area (Å²) in [6, 6.07) is 12.0. The summed E-state index contributed by atoms with van der Waals surface area (Å²) in [6.45, 7) is 0. The zero-order valence-electron chi connectivity index (χ0n) is 11.4. The Hall–Kier alpha value is -1.66. The smallest absolute Gasteiger partial charge is 0.258 e. The van der Waals surface area contributed by atoms with E-state index in [0.29, 0.717) is 10.0 Å². The molecule has 3 rings (SSSR count). The molecular weight excluding hydrogens is 325 g/mol. The summed E-state index contributed by atoms with van der Waals surface area (Å²) < 4.78 is 0. The Balaban J connectivity index is 1.79. The summed E-state index contributed by atoms with van der Waals surface area (Å²) in [5.74, 6) is 0. The van der Waals surface area contributed by atoms with Crippen LogP contribution in [-0.4, -0.2) is 4.92 Å². The quantitative estimate of drug-likeness (QED) is 0.651. The van der Waals surface area contributed by atoms with Crippen molar-refractivity contribution in [3.05, 3.63) is 73.8 Å². The van der Waals surface area contributed by atoms with Gasteiger partial charge in [-0.1, -0.05) is 41.4 Å². The van der Waals surface area contributed by atoms with Gasteiger partial charge in [-0.2, -0.15) is 0 Å². The van der Waals surface area contributed by atoms with Gasteiger partial charge in [-0.15, -0.1) is 0 Å². The summed E-state index contributed by atoms with van der Waals surface area (Å²) in [5, 5.41) is 11.9. The van der Waals surface area contributed by atoms with Crippen LogP contribution in [0, 0.1) is 10.1 Å². The van der Waals surface area contributed by atoms with Gasteiger partial charge in [-0.05, 0) is 24.1 Å². The Bertz CT molecular complexity index is 686. The molecule has 1 heterocycles. The largest absolute Gasteiger partial charge is 0.269 e. The minimum Gasteiger partial charge on any atom is -0.258 e. The summed E-state index contributed by atoms with van der Waals surface area (Å²) in [4.78, 5) is 10.3. The number of nitro benzene ring substituents is 1. The molecule has 2 N–H and O–H groups in total. The molecule has 22 heavy (non-hydrogen) atoms. The first-order valence-electron chi connectivity index (χ1n) is 6.75. The van der Waals surface area contributed by atoms with Crippen LogP contribution in [0.5, 0.6) is 0 Å². The monoisotopic (exact) mass is 337 g/mol. The molecule has 2 aromatic rings. The zero-order chi connectivity index (χ0) is 15.7. The van der Waals surface area contributed by atoms with Crippen molar-refractivity contribution in [1.82, 2.24) is 10.9 Å². The number of halogens is 2. The maximum atomic E-state index is 10.7. The lowest BCUT2D eigenvalue weighted by Crippen LogP contribution is -2.26. The van der Waals surface area contributed by atoms with E-state index in [1.807, 2.05) is 18.2 Å². The van der Waals surface area contributed by atoms with E-state index in [4.69, 9.17) is 23.2 Å². The van der Waals surface area contributed by atoms with Gasteiger partial charge >= 0.3 is 0 Å². The van der Waals surface area contributed by atoms with Crippen LogP contribution in [-0.2, 0) is 0 Å². The van der Waals surface area contributed by atoms with Crippen molar-refractivity contribution in [2.75, 3.05) is 0 Å². The van der Waals surface area contributed by atoms with Crippen LogP contribution in [0.1, 0.15) is 29.6 Å². The van der Waals surface area contributed by atoms with Crippen LogP contribution in [0.3, 0.4) is 0 Å². The van der Waals surface area contributed by atoms with Crippen molar-refractivity contribution in [2.45, 2.75) is 18.5 Å². The fourth-order valence-corrected chi connectivity index (χ4v) is 3.30. The Morgan fingerprint density at radius 1 is 1.00 bits per heavy atom. The first kappa shape index (κ1) is 15.2. The van der Waals surface area contributed by atoms with E-state index in [9.17, 15) is 10.1 Å². The van der Waals surface area contributed by atoms with Crippen LogP contribution in [0.25, 0.3) is 0 Å². The van der Waals surface area contributed by atoms with Gasteiger partial charge in [0.2, 0.25) is 0 Å². The topological polar surface area (TPSA) is 67.2 Å². The second-order valence-corrected chi connectivity index (χ2v) is 5.93. The number of rotatable bonds is 3. The Labute approximate surface area is 137 Å². The van der Waals surface area contributed by atoms with E-state index in [0.717, 1.165) is 17.5 Å². The highest BCUT2D eigenvalue weighted by Gasteiger charge is 2.29. The number of nitro groups is 1. The molecule has 2 atom stereocenters. The van der Waals surface area contributed by atoms with Crippen molar-refractivity contribution in [3.63, 3.8) is 0 Å². The predicted octanol–water partition coefficient (Wildman–Crippen LogP) is 4.18. The van der Waals surface area contributed by atoms with Crippen molar-refractivity contribution in [1.29, 1.82) is 0 Å². The molecule has 0 saturated carbocycles. The van der Waals surface area contributed by atoms with Crippen LogP contribution < -0.4 is 10.9 Å². The first-order chi connectivity index (χ1) is 10.6. The maximum Gasteiger partial charge on any atom is 0.269 e. The van der Waals surface area contributed by atoms with Crippen molar-refractivity contribution >= 4 is 28.9 Å². The Kier molecular flexibility index (Phi) is 4.31. The van der Waals surface area contributed by atoms with Gasteiger partial charge in [0.1, 0.15) is 0 Å². The third-order valence-electron chi connectivity index (χ3n) is 3.76. The Morgan fingerprint density at radius 3 is 2.18 bits per heavy atom. The van der Waals surface area contributed by atoms with Crippen molar-refractivity contribution in [3.8, 4) is 0 Å². The molecule has 0 radical (unpaired) electrons. The number of nitrogens with one attached hydrogen (secondary N) is 2. The van der Waals surface area contributed by atoms with Crippen molar-refractivity contribution < 1.29 is 4.92 Å². The molecular formula is C15H13Cl2N3O2. The average molecular weight is 338 g/mol. The molecule has 5 nitrogen and oxygen atoms in total. The lowest BCUT2D eigenvalue weighted by molar-refractivity contribution is -0.384. The second kappa shape index (κ2) is 6.22. The van der Waals surface area contributed by atoms with Gasteiger partial charge in [-0.25, -0.2) is 10.9 Å². The van der Waals surface area contributed by atoms with Gasteiger partial charge in [0.25, 0.3) is 5.69 Å². The van der Waals surface area contributed by atoms with E-state index >= 15 is 0 Å². The standard InChI is InChI=1S/C15H13Cl2N3O2/c16-11-2-1-3-12(17)15(11)14-8-13(18-19-14)9-4-6-10(7-5-9)20(21)22/h1-7,13-14,18-19H,8H2. The number of hydrazine groups is 1. The SMILES string of the molecule is O=[N+]([O-])c1ccc(C2CC(c3c(Cl)cccc3Cl)NN2)cc1. The summed E-state index contributed by atoms with van der Waals surface area (Å²) in [6.07, 6.45) is 0.751. The summed E-state index contributed by atoms with van der Waals surface area (Å²) in [7, 11) is 0. The van der Waals surface area contributed by atoms with Crippen LogP contribution in [0.4, 0.5) is 5.69 Å². The molecule has 0 aromatic heterocycles. The van der Waals surface area contributed by atoms with Crippen LogP contribution in [0.15, 0.2) is 42.5 Å².